The molecule has 0 aliphatic carbocycles. The van der Waals surface area contributed by atoms with Gasteiger partial charge < -0.3 is 15.3 Å². The number of hydrogen-bond donors (Lipinski definition) is 2. The Hall–Kier alpha value is -0.800. The third kappa shape index (κ3) is 1.82. The number of aliphatic hydroxyl groups excluding tert-OH is 1. The second kappa shape index (κ2) is 3.55. The van der Waals surface area contributed by atoms with Gasteiger partial charge >= 0.3 is 0 Å². The minimum absolute atomic E-state index is 0.0984. The SMILES string of the molecule is Cc1occc1[C@@H](N)CCO. The second-order valence-electron chi connectivity index (χ2n) is 2.55. The highest BCUT2D eigenvalue weighted by Crippen LogP contribution is 2.18. The molecular formula is C8H13NO2. The summed E-state index contributed by atoms with van der Waals surface area (Å²) in [5.74, 6) is 0.839. The van der Waals surface area contributed by atoms with Gasteiger partial charge in [0.15, 0.2) is 0 Å². The van der Waals surface area contributed by atoms with Crippen LogP contribution in [0.4, 0.5) is 0 Å². The lowest BCUT2D eigenvalue weighted by atomic mass is 10.1. The molecule has 0 aliphatic rings. The van der Waals surface area contributed by atoms with Crippen molar-refractivity contribution in [2.75, 3.05) is 6.61 Å². The smallest absolute Gasteiger partial charge is 0.105 e. The number of hydrogen-bond acceptors (Lipinski definition) is 3. The molecule has 0 saturated carbocycles. The standard InChI is InChI=1S/C8H13NO2/c1-6-7(3-5-11-6)8(9)2-4-10/h3,5,8,10H,2,4,9H2,1H3/t8-/m0/s1. The van der Waals surface area contributed by atoms with Gasteiger partial charge in [-0.05, 0) is 19.4 Å². The Kier molecular flexibility index (Phi) is 2.68. The lowest BCUT2D eigenvalue weighted by molar-refractivity contribution is 0.276. The molecule has 1 aromatic heterocycles. The molecule has 11 heavy (non-hydrogen) atoms. The molecule has 1 rings (SSSR count). The average Bonchev–Trinajstić information content (AvgIpc) is 2.36. The van der Waals surface area contributed by atoms with Crippen LogP contribution in [0.5, 0.6) is 0 Å². The molecule has 1 heterocycles. The van der Waals surface area contributed by atoms with Gasteiger partial charge in [-0.3, -0.25) is 0 Å². The molecule has 0 unspecified atom stereocenters. The van der Waals surface area contributed by atoms with Gasteiger partial charge in [0.25, 0.3) is 0 Å². The molecule has 62 valence electrons. The second-order valence-corrected chi connectivity index (χ2v) is 2.55. The Morgan fingerprint density at radius 2 is 2.45 bits per heavy atom. The number of nitrogens with two attached hydrogens (primary N) is 1. The first kappa shape index (κ1) is 8.30. The van der Waals surface area contributed by atoms with Crippen molar-refractivity contribution in [1.29, 1.82) is 0 Å². The predicted molar refractivity (Wildman–Crippen MR) is 42.1 cm³/mol. The van der Waals surface area contributed by atoms with E-state index in [0.29, 0.717) is 6.42 Å². The maximum Gasteiger partial charge on any atom is 0.105 e. The summed E-state index contributed by atoms with van der Waals surface area (Å²) >= 11 is 0. The van der Waals surface area contributed by atoms with Crippen molar-refractivity contribution >= 4 is 0 Å². The molecule has 0 saturated heterocycles. The molecule has 0 bridgehead atoms. The van der Waals surface area contributed by atoms with Crippen molar-refractivity contribution in [2.45, 2.75) is 19.4 Å². The number of furan rings is 1. The van der Waals surface area contributed by atoms with Crippen LogP contribution in [0.15, 0.2) is 16.7 Å². The highest BCUT2D eigenvalue weighted by Gasteiger charge is 2.09. The number of aryl methyl sites for hydroxylation is 1. The Labute approximate surface area is 65.8 Å². The molecule has 1 atom stereocenters. The van der Waals surface area contributed by atoms with E-state index in [1.165, 1.54) is 0 Å². The molecule has 0 radical (unpaired) electrons. The fourth-order valence-corrected chi connectivity index (χ4v) is 1.07. The van der Waals surface area contributed by atoms with Gasteiger partial charge in [0.2, 0.25) is 0 Å². The minimum atomic E-state index is -0.0984. The third-order valence-electron chi connectivity index (χ3n) is 1.74. The summed E-state index contributed by atoms with van der Waals surface area (Å²) in [7, 11) is 0. The molecular weight excluding hydrogens is 142 g/mol. The van der Waals surface area contributed by atoms with Gasteiger partial charge in [-0.25, -0.2) is 0 Å². The van der Waals surface area contributed by atoms with E-state index in [-0.39, 0.29) is 12.6 Å². The van der Waals surface area contributed by atoms with Gasteiger partial charge in [0.05, 0.1) is 6.26 Å². The van der Waals surface area contributed by atoms with E-state index in [1.807, 2.05) is 13.0 Å². The fraction of sp³-hybridized carbons (Fsp3) is 0.500. The predicted octanol–water partition coefficient (Wildman–Crippen LogP) is 0.970. The van der Waals surface area contributed by atoms with Gasteiger partial charge in [0, 0.05) is 18.2 Å². The zero-order valence-corrected chi connectivity index (χ0v) is 6.58. The summed E-state index contributed by atoms with van der Waals surface area (Å²) in [6.07, 6.45) is 2.20. The Bertz CT molecular complexity index is 220. The third-order valence-corrected chi connectivity index (χ3v) is 1.74. The van der Waals surface area contributed by atoms with E-state index in [4.69, 9.17) is 15.3 Å². The lowest BCUT2D eigenvalue weighted by Crippen LogP contribution is -2.11. The van der Waals surface area contributed by atoms with Crippen LogP contribution < -0.4 is 5.73 Å². The number of rotatable bonds is 3. The first-order valence-electron chi connectivity index (χ1n) is 3.66. The van der Waals surface area contributed by atoms with Crippen LogP contribution >= 0.6 is 0 Å². The summed E-state index contributed by atoms with van der Waals surface area (Å²) in [5, 5.41) is 8.62. The fourth-order valence-electron chi connectivity index (χ4n) is 1.07. The van der Waals surface area contributed by atoms with Crippen molar-refractivity contribution < 1.29 is 9.52 Å². The van der Waals surface area contributed by atoms with Gasteiger partial charge in [-0.1, -0.05) is 0 Å². The molecule has 0 aromatic carbocycles. The Morgan fingerprint density at radius 3 is 2.91 bits per heavy atom. The van der Waals surface area contributed by atoms with Crippen LogP contribution in [0.2, 0.25) is 0 Å². The zero-order chi connectivity index (χ0) is 8.27. The Morgan fingerprint density at radius 1 is 1.73 bits per heavy atom. The lowest BCUT2D eigenvalue weighted by Gasteiger charge is -2.07. The van der Waals surface area contributed by atoms with Crippen molar-refractivity contribution in [1.82, 2.24) is 0 Å². The first-order valence-corrected chi connectivity index (χ1v) is 3.66. The van der Waals surface area contributed by atoms with Crippen LogP contribution in [0.25, 0.3) is 0 Å². The van der Waals surface area contributed by atoms with E-state index < -0.39 is 0 Å². The van der Waals surface area contributed by atoms with E-state index in [2.05, 4.69) is 0 Å². The van der Waals surface area contributed by atoms with Crippen LogP contribution in [0.1, 0.15) is 23.8 Å². The molecule has 0 spiro atoms. The van der Waals surface area contributed by atoms with Crippen LogP contribution in [-0.2, 0) is 0 Å². The quantitative estimate of drug-likeness (QED) is 0.683. The normalized spacial score (nSPS) is 13.4. The van der Waals surface area contributed by atoms with E-state index >= 15 is 0 Å². The van der Waals surface area contributed by atoms with Gasteiger partial charge in [0.1, 0.15) is 5.76 Å². The number of aliphatic hydroxyl groups is 1. The topological polar surface area (TPSA) is 59.4 Å². The van der Waals surface area contributed by atoms with Crippen molar-refractivity contribution in [3.63, 3.8) is 0 Å². The molecule has 0 fully saturated rings. The first-order chi connectivity index (χ1) is 5.25. The van der Waals surface area contributed by atoms with Gasteiger partial charge in [-0.2, -0.15) is 0 Å². The largest absolute Gasteiger partial charge is 0.469 e. The maximum atomic E-state index is 8.62. The summed E-state index contributed by atoms with van der Waals surface area (Å²) < 4.78 is 5.07. The molecule has 3 N–H and O–H groups in total. The molecule has 3 heteroatoms. The molecule has 0 aliphatic heterocycles. The zero-order valence-electron chi connectivity index (χ0n) is 6.58. The van der Waals surface area contributed by atoms with Gasteiger partial charge in [-0.15, -0.1) is 0 Å². The molecule has 1 aromatic rings. The Balaban J connectivity index is 2.67. The summed E-state index contributed by atoms with van der Waals surface area (Å²) in [4.78, 5) is 0. The van der Waals surface area contributed by atoms with E-state index in [9.17, 15) is 0 Å². The maximum absolute atomic E-state index is 8.62. The van der Waals surface area contributed by atoms with E-state index in [1.54, 1.807) is 6.26 Å². The van der Waals surface area contributed by atoms with Crippen molar-refractivity contribution in [3.05, 3.63) is 23.7 Å². The minimum Gasteiger partial charge on any atom is -0.469 e. The molecule has 0 amide bonds. The summed E-state index contributed by atoms with van der Waals surface area (Å²) in [6, 6.07) is 1.74. The van der Waals surface area contributed by atoms with Crippen LogP contribution in [0, 0.1) is 6.92 Å². The van der Waals surface area contributed by atoms with Crippen LogP contribution in [0.3, 0.4) is 0 Å². The highest BCUT2D eigenvalue weighted by atomic mass is 16.3. The summed E-state index contributed by atoms with van der Waals surface area (Å²) in [5.41, 5.74) is 6.72. The van der Waals surface area contributed by atoms with Crippen LogP contribution in [-0.4, -0.2) is 11.7 Å². The summed E-state index contributed by atoms with van der Waals surface area (Å²) in [6.45, 7) is 1.98. The average molecular weight is 155 g/mol. The monoisotopic (exact) mass is 155 g/mol. The van der Waals surface area contributed by atoms with E-state index in [0.717, 1.165) is 11.3 Å². The van der Waals surface area contributed by atoms with Crippen molar-refractivity contribution in [2.24, 2.45) is 5.73 Å². The highest BCUT2D eigenvalue weighted by molar-refractivity contribution is 5.19. The van der Waals surface area contributed by atoms with Crippen molar-refractivity contribution in [3.8, 4) is 0 Å². The molecule has 3 nitrogen and oxygen atoms in total.